The number of hydrogen-bond donors (Lipinski definition) is 2. The van der Waals surface area contributed by atoms with Gasteiger partial charge < -0.3 is 20.1 Å². The molecule has 2 aliphatic rings. The van der Waals surface area contributed by atoms with Crippen molar-refractivity contribution in [3.63, 3.8) is 0 Å². The third-order valence-electron chi connectivity index (χ3n) is 6.71. The van der Waals surface area contributed by atoms with Crippen LogP contribution in [0.3, 0.4) is 0 Å². The van der Waals surface area contributed by atoms with Crippen molar-refractivity contribution in [2.24, 2.45) is 5.92 Å². The Bertz CT molecular complexity index is 1330. The minimum Gasteiger partial charge on any atom is -0.497 e. The molecule has 6 nitrogen and oxygen atoms in total. The average molecular weight is 508 g/mol. The lowest BCUT2D eigenvalue weighted by atomic mass is 9.78. The minimum atomic E-state index is -1.11. The molecule has 2 bridgehead atoms. The van der Waals surface area contributed by atoms with Crippen molar-refractivity contribution in [2.75, 3.05) is 17.3 Å². The van der Waals surface area contributed by atoms with Crippen molar-refractivity contribution < 1.29 is 14.3 Å². The smallest absolute Gasteiger partial charge is 0.236 e. The number of aryl methyl sites for hydroxylation is 2. The van der Waals surface area contributed by atoms with E-state index >= 15 is 0 Å². The number of carbonyl (C=O) groups excluding carboxylic acids is 1. The Hall–Kier alpha value is -3.29. The van der Waals surface area contributed by atoms with Crippen LogP contribution in [0, 0.1) is 19.8 Å². The third kappa shape index (κ3) is 3.98. The molecule has 0 aromatic heterocycles. The molecule has 2 aliphatic heterocycles. The first-order valence-corrected chi connectivity index (χ1v) is 12.1. The van der Waals surface area contributed by atoms with Gasteiger partial charge in [0.25, 0.3) is 0 Å². The van der Waals surface area contributed by atoms with Gasteiger partial charge in [-0.3, -0.25) is 9.69 Å². The molecule has 0 radical (unpaired) electrons. The second-order valence-corrected chi connectivity index (χ2v) is 9.91. The van der Waals surface area contributed by atoms with E-state index in [1.165, 1.54) is 0 Å². The maximum absolute atomic E-state index is 13.9. The van der Waals surface area contributed by atoms with Gasteiger partial charge in [0.1, 0.15) is 17.4 Å². The summed E-state index contributed by atoms with van der Waals surface area (Å²) in [4.78, 5) is 15.8. The van der Waals surface area contributed by atoms with Crippen molar-refractivity contribution in [3.05, 3.63) is 82.4 Å². The van der Waals surface area contributed by atoms with Crippen LogP contribution >= 0.6 is 23.8 Å². The van der Waals surface area contributed by atoms with Gasteiger partial charge in [0.2, 0.25) is 5.91 Å². The number of benzene rings is 3. The molecule has 3 atom stereocenters. The number of rotatable bonds is 4. The monoisotopic (exact) mass is 507 g/mol. The predicted molar refractivity (Wildman–Crippen MR) is 142 cm³/mol. The van der Waals surface area contributed by atoms with Crippen LogP contribution in [0.4, 0.5) is 11.4 Å². The first-order chi connectivity index (χ1) is 16.7. The van der Waals surface area contributed by atoms with Gasteiger partial charge in [-0.05, 0) is 87.1 Å². The van der Waals surface area contributed by atoms with E-state index in [4.69, 9.17) is 33.3 Å². The zero-order valence-electron chi connectivity index (χ0n) is 19.9. The largest absolute Gasteiger partial charge is 0.497 e. The van der Waals surface area contributed by atoms with E-state index in [0.29, 0.717) is 15.9 Å². The maximum atomic E-state index is 13.9. The maximum Gasteiger partial charge on any atom is 0.236 e. The molecule has 1 amide bonds. The molecule has 2 heterocycles. The fourth-order valence-electron chi connectivity index (χ4n) is 5.04. The van der Waals surface area contributed by atoms with Gasteiger partial charge in [-0.15, -0.1) is 0 Å². The molecule has 1 fully saturated rings. The normalized spacial score (nSPS) is 22.5. The van der Waals surface area contributed by atoms with Gasteiger partial charge in [-0.2, -0.15) is 0 Å². The quantitative estimate of drug-likeness (QED) is 0.437. The molecule has 0 unspecified atom stereocenters. The Morgan fingerprint density at radius 1 is 1.14 bits per heavy atom. The summed E-state index contributed by atoms with van der Waals surface area (Å²) in [6.45, 7) is 5.91. The lowest BCUT2D eigenvalue weighted by Crippen LogP contribution is -2.72. The molecule has 35 heavy (non-hydrogen) atoms. The van der Waals surface area contributed by atoms with Gasteiger partial charge in [0.05, 0.1) is 13.2 Å². The lowest BCUT2D eigenvalue weighted by molar-refractivity contribution is -0.130. The summed E-state index contributed by atoms with van der Waals surface area (Å²) in [5.41, 5.74) is 3.36. The summed E-state index contributed by atoms with van der Waals surface area (Å²) in [5.74, 6) is 0.555. The van der Waals surface area contributed by atoms with E-state index in [9.17, 15) is 4.79 Å². The Balaban J connectivity index is 1.61. The average Bonchev–Trinajstić information content (AvgIpc) is 2.81. The van der Waals surface area contributed by atoms with Crippen LogP contribution in [0.15, 0.2) is 60.7 Å². The summed E-state index contributed by atoms with van der Waals surface area (Å²) in [6, 6.07) is 18.5. The van der Waals surface area contributed by atoms with Crippen LogP contribution in [-0.2, 0) is 4.79 Å². The zero-order chi connectivity index (χ0) is 24.9. The molecule has 0 saturated carbocycles. The second kappa shape index (κ2) is 8.73. The second-order valence-electron chi connectivity index (χ2n) is 9.08. The number of amides is 1. The minimum absolute atomic E-state index is 0.177. The molecule has 3 aromatic rings. The SMILES string of the molecule is COc1ccc(N2C(=S)N[C@@H]3c4cc(Cl)ccc4O[C@]2(C)[C@@H]3C(=O)Nc2ccc(C)cc2C)cc1. The van der Waals surface area contributed by atoms with Gasteiger partial charge in [-0.25, -0.2) is 0 Å². The molecular formula is C27H26ClN3O3S. The van der Waals surface area contributed by atoms with Crippen molar-refractivity contribution in [2.45, 2.75) is 32.5 Å². The number of nitrogens with one attached hydrogen (secondary N) is 2. The van der Waals surface area contributed by atoms with Gasteiger partial charge in [-0.1, -0.05) is 29.3 Å². The summed E-state index contributed by atoms with van der Waals surface area (Å²) >= 11 is 12.1. The molecule has 8 heteroatoms. The molecule has 180 valence electrons. The van der Waals surface area contributed by atoms with E-state index in [0.717, 1.165) is 33.8 Å². The fourth-order valence-corrected chi connectivity index (χ4v) is 5.63. The molecule has 2 N–H and O–H groups in total. The summed E-state index contributed by atoms with van der Waals surface area (Å²) in [7, 11) is 1.62. The number of carbonyl (C=O) groups is 1. The van der Waals surface area contributed by atoms with Crippen LogP contribution < -0.4 is 25.0 Å². The molecular weight excluding hydrogens is 482 g/mol. The summed E-state index contributed by atoms with van der Waals surface area (Å²) in [5, 5.41) is 7.56. The van der Waals surface area contributed by atoms with Gasteiger partial charge in [0.15, 0.2) is 10.8 Å². The number of thiocarbonyl (C=S) groups is 1. The lowest BCUT2D eigenvalue weighted by Gasteiger charge is -2.56. The highest BCUT2D eigenvalue weighted by Gasteiger charge is 2.59. The van der Waals surface area contributed by atoms with Crippen LogP contribution in [0.25, 0.3) is 0 Å². The summed E-state index contributed by atoms with van der Waals surface area (Å²) < 4.78 is 11.9. The van der Waals surface area contributed by atoms with E-state index in [1.54, 1.807) is 13.2 Å². The zero-order valence-corrected chi connectivity index (χ0v) is 21.5. The highest BCUT2D eigenvalue weighted by atomic mass is 35.5. The predicted octanol–water partition coefficient (Wildman–Crippen LogP) is 5.76. The van der Waals surface area contributed by atoms with Crippen molar-refractivity contribution in [3.8, 4) is 11.5 Å². The standard InChI is InChI=1S/C27H26ClN3O3S/c1-15-5-11-21(16(2)13-15)29-25(32)23-24-20-14-17(28)6-12-22(20)34-27(23,3)31(26(35)30-24)18-7-9-19(33-4)10-8-18/h5-14,23-24H,1-4H3,(H,29,32)(H,30,35)/t23-,24+,27+/m0/s1. The Morgan fingerprint density at radius 2 is 1.89 bits per heavy atom. The number of fused-ring (bicyclic) bond motifs is 4. The molecule has 0 spiro atoms. The fraction of sp³-hybridized carbons (Fsp3) is 0.259. The molecule has 5 rings (SSSR count). The Kier molecular flexibility index (Phi) is 5.85. The van der Waals surface area contributed by atoms with Gasteiger partial charge in [0, 0.05) is 22.0 Å². The molecule has 0 aliphatic carbocycles. The third-order valence-corrected chi connectivity index (χ3v) is 7.25. The number of ether oxygens (including phenoxy) is 2. The van der Waals surface area contributed by atoms with Crippen molar-refractivity contribution in [1.29, 1.82) is 0 Å². The Morgan fingerprint density at radius 3 is 2.57 bits per heavy atom. The van der Waals surface area contributed by atoms with E-state index in [1.807, 2.05) is 80.3 Å². The number of anilines is 2. The molecule has 3 aromatic carbocycles. The molecule has 1 saturated heterocycles. The van der Waals surface area contributed by atoms with E-state index < -0.39 is 17.7 Å². The van der Waals surface area contributed by atoms with Crippen LogP contribution in [0.2, 0.25) is 5.02 Å². The van der Waals surface area contributed by atoms with Crippen LogP contribution in [0.5, 0.6) is 11.5 Å². The number of halogens is 1. The number of methoxy groups -OCH3 is 1. The highest BCUT2D eigenvalue weighted by Crippen LogP contribution is 2.50. The first-order valence-electron chi connectivity index (χ1n) is 11.3. The highest BCUT2D eigenvalue weighted by molar-refractivity contribution is 7.80. The number of nitrogens with zero attached hydrogens (tertiary/aromatic N) is 1. The van der Waals surface area contributed by atoms with Crippen LogP contribution in [0.1, 0.15) is 29.7 Å². The van der Waals surface area contributed by atoms with Crippen molar-refractivity contribution >= 4 is 46.2 Å². The first kappa shape index (κ1) is 23.5. The summed E-state index contributed by atoms with van der Waals surface area (Å²) in [6.07, 6.45) is 0. The van der Waals surface area contributed by atoms with Crippen LogP contribution in [-0.4, -0.2) is 23.9 Å². The van der Waals surface area contributed by atoms with E-state index in [2.05, 4.69) is 10.6 Å². The topological polar surface area (TPSA) is 62.8 Å². The number of hydrogen-bond acceptors (Lipinski definition) is 4. The van der Waals surface area contributed by atoms with E-state index in [-0.39, 0.29) is 5.91 Å². The van der Waals surface area contributed by atoms with Crippen molar-refractivity contribution in [1.82, 2.24) is 5.32 Å². The van der Waals surface area contributed by atoms with Gasteiger partial charge >= 0.3 is 0 Å². The Labute approximate surface area is 215 Å².